The molecule has 0 aliphatic carbocycles. The van der Waals surface area contributed by atoms with Crippen LogP contribution in [0.5, 0.6) is 0 Å². The molecule has 2 heterocycles. The fraction of sp³-hybridized carbons (Fsp3) is 0.538. The molecule has 1 fully saturated rings. The summed E-state index contributed by atoms with van der Waals surface area (Å²) in [5, 5.41) is 9.23. The Labute approximate surface area is 121 Å². The Bertz CT molecular complexity index is 482. The number of rotatable bonds is 6. The maximum atomic E-state index is 12.3. The molecule has 0 spiro atoms. The molecule has 2 N–H and O–H groups in total. The number of hydrogen-bond acceptors (Lipinski definition) is 3. The van der Waals surface area contributed by atoms with Crippen LogP contribution in [0.3, 0.4) is 0 Å². The van der Waals surface area contributed by atoms with Crippen molar-refractivity contribution in [3.05, 3.63) is 23.0 Å². The Balaban J connectivity index is 2.03. The third kappa shape index (κ3) is 3.98. The topological polar surface area (TPSA) is 82.6 Å². The lowest BCUT2D eigenvalue weighted by Crippen LogP contribution is -2.39. The van der Waals surface area contributed by atoms with Gasteiger partial charge in [0.1, 0.15) is 5.69 Å². The molecule has 1 atom stereocenters. The lowest BCUT2D eigenvalue weighted by Gasteiger charge is -2.24. The van der Waals surface area contributed by atoms with Crippen LogP contribution in [0, 0.1) is 0 Å². The molecule has 1 aliphatic heterocycles. The minimum Gasteiger partial charge on any atom is -0.481 e. The molecule has 1 aromatic rings. The van der Waals surface area contributed by atoms with Gasteiger partial charge in [-0.15, -0.1) is 0 Å². The summed E-state index contributed by atoms with van der Waals surface area (Å²) in [7, 11) is 0. The van der Waals surface area contributed by atoms with Crippen LogP contribution < -0.4 is 0 Å². The monoisotopic (exact) mass is 300 g/mol. The molecule has 1 aromatic heterocycles. The lowest BCUT2D eigenvalue weighted by atomic mass is 10.2. The molecule has 7 heteroatoms. The van der Waals surface area contributed by atoms with Crippen LogP contribution in [0.15, 0.2) is 12.3 Å². The summed E-state index contributed by atoms with van der Waals surface area (Å²) in [6, 6.07) is 1.53. The van der Waals surface area contributed by atoms with Crippen molar-refractivity contribution >= 4 is 23.5 Å². The first-order valence-corrected chi connectivity index (χ1v) is 6.90. The van der Waals surface area contributed by atoms with Crippen LogP contribution in [0.4, 0.5) is 0 Å². The van der Waals surface area contributed by atoms with E-state index >= 15 is 0 Å². The Hall–Kier alpha value is -1.53. The first-order chi connectivity index (χ1) is 9.56. The molecule has 20 heavy (non-hydrogen) atoms. The number of amides is 1. The number of carboxylic acids is 1. The Morgan fingerprint density at radius 1 is 1.55 bits per heavy atom. The Morgan fingerprint density at radius 2 is 2.35 bits per heavy atom. The molecular weight excluding hydrogens is 284 g/mol. The summed E-state index contributed by atoms with van der Waals surface area (Å²) in [6.45, 7) is 1.26. The number of carbonyl (C=O) groups excluding carboxylic acids is 1. The largest absolute Gasteiger partial charge is 0.481 e. The number of hydrogen-bond donors (Lipinski definition) is 2. The molecule has 0 bridgehead atoms. The second kappa shape index (κ2) is 6.76. The summed E-state index contributed by atoms with van der Waals surface area (Å²) in [4.78, 5) is 27.3. The zero-order valence-electron chi connectivity index (χ0n) is 11.0. The summed E-state index contributed by atoms with van der Waals surface area (Å²) >= 11 is 5.79. The number of carboxylic acid groups (broad SMARTS) is 1. The molecule has 0 unspecified atom stereocenters. The third-order valence-corrected chi connectivity index (χ3v) is 3.43. The zero-order valence-corrected chi connectivity index (χ0v) is 11.7. The van der Waals surface area contributed by atoms with Crippen LogP contribution in [0.2, 0.25) is 5.02 Å². The van der Waals surface area contributed by atoms with Crippen molar-refractivity contribution in [1.29, 1.82) is 0 Å². The number of aliphatic carboxylic acids is 1. The average molecular weight is 301 g/mol. The van der Waals surface area contributed by atoms with Crippen LogP contribution in [0.25, 0.3) is 0 Å². The van der Waals surface area contributed by atoms with Crippen LogP contribution in [-0.4, -0.2) is 52.7 Å². The molecule has 0 saturated carbocycles. The normalized spacial score (nSPS) is 18.1. The minimum atomic E-state index is -0.931. The van der Waals surface area contributed by atoms with Crippen molar-refractivity contribution in [2.45, 2.75) is 25.4 Å². The Morgan fingerprint density at radius 3 is 2.90 bits per heavy atom. The predicted octanol–water partition coefficient (Wildman–Crippen LogP) is 1.76. The van der Waals surface area contributed by atoms with Crippen molar-refractivity contribution in [3.8, 4) is 0 Å². The summed E-state index contributed by atoms with van der Waals surface area (Å²) in [5.74, 6) is -1.19. The molecule has 6 nitrogen and oxygen atoms in total. The van der Waals surface area contributed by atoms with E-state index in [4.69, 9.17) is 21.4 Å². The van der Waals surface area contributed by atoms with E-state index in [1.54, 1.807) is 0 Å². The molecule has 0 radical (unpaired) electrons. The smallest absolute Gasteiger partial charge is 0.305 e. The van der Waals surface area contributed by atoms with Gasteiger partial charge in [-0.1, -0.05) is 11.6 Å². The summed E-state index contributed by atoms with van der Waals surface area (Å²) < 4.78 is 5.50. The van der Waals surface area contributed by atoms with Crippen molar-refractivity contribution in [2.24, 2.45) is 0 Å². The molecule has 1 aliphatic rings. The van der Waals surface area contributed by atoms with Gasteiger partial charge in [-0.05, 0) is 18.9 Å². The van der Waals surface area contributed by atoms with Gasteiger partial charge in [0.05, 0.1) is 17.5 Å². The van der Waals surface area contributed by atoms with Crippen LogP contribution >= 0.6 is 11.6 Å². The second-order valence-electron chi connectivity index (χ2n) is 4.76. The first-order valence-electron chi connectivity index (χ1n) is 6.53. The lowest BCUT2D eigenvalue weighted by molar-refractivity contribution is -0.137. The predicted molar refractivity (Wildman–Crippen MR) is 72.9 cm³/mol. The number of aromatic amines is 1. The van der Waals surface area contributed by atoms with Crippen molar-refractivity contribution in [2.75, 3.05) is 19.7 Å². The highest BCUT2D eigenvalue weighted by atomic mass is 35.5. The summed E-state index contributed by atoms with van der Waals surface area (Å²) in [5.41, 5.74) is 0.360. The third-order valence-electron chi connectivity index (χ3n) is 3.21. The fourth-order valence-corrected chi connectivity index (χ4v) is 2.37. The second-order valence-corrected chi connectivity index (χ2v) is 5.20. The quantitative estimate of drug-likeness (QED) is 0.838. The number of ether oxygens (including phenoxy) is 1. The molecule has 2 rings (SSSR count). The molecule has 0 aromatic carbocycles. The number of H-pyrrole nitrogens is 1. The number of aromatic nitrogens is 1. The minimum absolute atomic E-state index is 0.0156. The highest BCUT2D eigenvalue weighted by Gasteiger charge is 2.24. The number of halogens is 1. The zero-order chi connectivity index (χ0) is 14.5. The molecular formula is C13H17ClN2O4. The van der Waals surface area contributed by atoms with Gasteiger partial charge in [0.2, 0.25) is 0 Å². The van der Waals surface area contributed by atoms with Gasteiger partial charge < -0.3 is 19.7 Å². The van der Waals surface area contributed by atoms with Gasteiger partial charge in [0, 0.05) is 25.9 Å². The van der Waals surface area contributed by atoms with E-state index < -0.39 is 5.97 Å². The van der Waals surface area contributed by atoms with Gasteiger partial charge in [-0.3, -0.25) is 9.59 Å². The molecule has 110 valence electrons. The molecule has 1 amide bonds. The van der Waals surface area contributed by atoms with Crippen molar-refractivity contribution in [1.82, 2.24) is 9.88 Å². The standard InChI is InChI=1S/C13H17ClN2O4/c14-9-6-11(15-7-9)13(19)16(4-3-12(17)18)8-10-2-1-5-20-10/h6-7,10,15H,1-5,8H2,(H,17,18)/t10-/m0/s1. The van der Waals surface area contributed by atoms with E-state index in [2.05, 4.69) is 4.98 Å². The van der Waals surface area contributed by atoms with Crippen LogP contribution in [-0.2, 0) is 9.53 Å². The van der Waals surface area contributed by atoms with Crippen molar-refractivity contribution < 1.29 is 19.4 Å². The highest BCUT2D eigenvalue weighted by Crippen LogP contribution is 2.16. The van der Waals surface area contributed by atoms with Crippen LogP contribution in [0.1, 0.15) is 29.8 Å². The number of carbonyl (C=O) groups is 2. The first kappa shape index (κ1) is 14.9. The van der Waals surface area contributed by atoms with E-state index in [-0.39, 0.29) is 25.0 Å². The van der Waals surface area contributed by atoms with Gasteiger partial charge in [0.15, 0.2) is 0 Å². The van der Waals surface area contributed by atoms with E-state index in [1.165, 1.54) is 17.2 Å². The average Bonchev–Trinajstić information content (AvgIpc) is 3.04. The van der Waals surface area contributed by atoms with E-state index in [9.17, 15) is 9.59 Å². The van der Waals surface area contributed by atoms with Gasteiger partial charge in [-0.25, -0.2) is 0 Å². The van der Waals surface area contributed by atoms with Gasteiger partial charge >= 0.3 is 5.97 Å². The maximum Gasteiger partial charge on any atom is 0.305 e. The summed E-state index contributed by atoms with van der Waals surface area (Å²) in [6.07, 6.45) is 3.28. The van der Waals surface area contributed by atoms with Gasteiger partial charge in [0.25, 0.3) is 5.91 Å². The van der Waals surface area contributed by atoms with Gasteiger partial charge in [-0.2, -0.15) is 0 Å². The number of nitrogens with one attached hydrogen (secondary N) is 1. The van der Waals surface area contributed by atoms with E-state index in [0.717, 1.165) is 12.8 Å². The number of nitrogens with zero attached hydrogens (tertiary/aromatic N) is 1. The molecule has 1 saturated heterocycles. The highest BCUT2D eigenvalue weighted by molar-refractivity contribution is 6.30. The fourth-order valence-electron chi connectivity index (χ4n) is 2.20. The van der Waals surface area contributed by atoms with E-state index in [0.29, 0.717) is 23.9 Å². The maximum absolute atomic E-state index is 12.3. The van der Waals surface area contributed by atoms with Crippen molar-refractivity contribution in [3.63, 3.8) is 0 Å². The Kier molecular flexibility index (Phi) is 5.03. The van der Waals surface area contributed by atoms with E-state index in [1.807, 2.05) is 0 Å². The SMILES string of the molecule is O=C(O)CCN(C[C@@H]1CCCO1)C(=O)c1cc(Cl)c[nH]1.